The Morgan fingerprint density at radius 3 is 2.68 bits per heavy atom. The highest BCUT2D eigenvalue weighted by atomic mass is 79.9. The highest BCUT2D eigenvalue weighted by Crippen LogP contribution is 2.25. The van der Waals surface area contributed by atoms with Crippen molar-refractivity contribution in [1.82, 2.24) is 9.66 Å². The van der Waals surface area contributed by atoms with Crippen LogP contribution in [-0.2, 0) is 12.0 Å². The van der Waals surface area contributed by atoms with Gasteiger partial charge in [-0.1, -0.05) is 60.4 Å². The molecule has 0 radical (unpaired) electrons. The molecule has 0 bridgehead atoms. The molecular formula is C26H22BrClFN3O2. The van der Waals surface area contributed by atoms with Crippen molar-refractivity contribution in [3.63, 3.8) is 0 Å². The van der Waals surface area contributed by atoms with Gasteiger partial charge in [-0.2, -0.15) is 9.78 Å². The Hall–Kier alpha value is -3.03. The molecule has 0 N–H and O–H groups in total. The minimum absolute atomic E-state index is 0.166. The Labute approximate surface area is 210 Å². The molecule has 0 saturated heterocycles. The molecule has 3 aromatic carbocycles. The Kier molecular flexibility index (Phi) is 6.86. The fourth-order valence-corrected chi connectivity index (χ4v) is 3.94. The lowest BCUT2D eigenvalue weighted by Gasteiger charge is -2.21. The Morgan fingerprint density at radius 1 is 1.15 bits per heavy atom. The van der Waals surface area contributed by atoms with Gasteiger partial charge in [0, 0.05) is 20.5 Å². The van der Waals surface area contributed by atoms with Crippen LogP contribution >= 0.6 is 27.5 Å². The van der Waals surface area contributed by atoms with E-state index in [1.165, 1.54) is 23.0 Å². The molecule has 0 spiro atoms. The van der Waals surface area contributed by atoms with Gasteiger partial charge in [0.05, 0.1) is 17.1 Å². The predicted molar refractivity (Wildman–Crippen MR) is 138 cm³/mol. The van der Waals surface area contributed by atoms with Crippen LogP contribution < -0.4 is 10.3 Å². The van der Waals surface area contributed by atoms with Crippen LogP contribution in [0.1, 0.15) is 37.7 Å². The van der Waals surface area contributed by atoms with Crippen molar-refractivity contribution in [2.45, 2.75) is 32.8 Å². The summed E-state index contributed by atoms with van der Waals surface area (Å²) in [5.74, 6) is 0.690. The van der Waals surface area contributed by atoms with E-state index in [0.29, 0.717) is 38.6 Å². The molecule has 0 aliphatic carbocycles. The SMILES string of the molecule is CC(C)(C)c1nc2ccc(Br)cc2c(=O)n1N=Cc1cc(Cl)ccc1OCc1cccc(F)c1. The monoisotopic (exact) mass is 541 g/mol. The van der Waals surface area contributed by atoms with Gasteiger partial charge >= 0.3 is 0 Å². The summed E-state index contributed by atoms with van der Waals surface area (Å²) in [6, 6.07) is 16.7. The number of benzene rings is 3. The zero-order valence-electron chi connectivity index (χ0n) is 18.8. The Bertz CT molecular complexity index is 1460. The van der Waals surface area contributed by atoms with Crippen LogP contribution in [0.3, 0.4) is 0 Å². The molecule has 0 aliphatic heterocycles. The smallest absolute Gasteiger partial charge is 0.282 e. The third-order valence-electron chi connectivity index (χ3n) is 5.05. The molecule has 0 atom stereocenters. The zero-order valence-corrected chi connectivity index (χ0v) is 21.2. The third-order valence-corrected chi connectivity index (χ3v) is 5.78. The van der Waals surface area contributed by atoms with Gasteiger partial charge < -0.3 is 4.74 Å². The van der Waals surface area contributed by atoms with Crippen LogP contribution in [0.25, 0.3) is 10.9 Å². The van der Waals surface area contributed by atoms with Crippen LogP contribution in [0.4, 0.5) is 4.39 Å². The molecule has 0 saturated carbocycles. The molecule has 4 rings (SSSR count). The van der Waals surface area contributed by atoms with E-state index >= 15 is 0 Å². The predicted octanol–water partition coefficient (Wildman–Crippen LogP) is 6.71. The second-order valence-corrected chi connectivity index (χ2v) is 10.2. The summed E-state index contributed by atoms with van der Waals surface area (Å²) in [4.78, 5) is 18.1. The first kappa shape index (κ1) is 24.1. The van der Waals surface area contributed by atoms with Gasteiger partial charge in [-0.15, -0.1) is 0 Å². The summed E-state index contributed by atoms with van der Waals surface area (Å²) in [6.45, 7) is 6.08. The topological polar surface area (TPSA) is 56.5 Å². The molecule has 4 aromatic rings. The first-order chi connectivity index (χ1) is 16.1. The lowest BCUT2D eigenvalue weighted by Crippen LogP contribution is -2.29. The van der Waals surface area contributed by atoms with Gasteiger partial charge in [-0.3, -0.25) is 4.79 Å². The van der Waals surface area contributed by atoms with Crippen LogP contribution in [0.2, 0.25) is 5.02 Å². The van der Waals surface area contributed by atoms with E-state index in [4.69, 9.17) is 21.3 Å². The summed E-state index contributed by atoms with van der Waals surface area (Å²) in [7, 11) is 0. The van der Waals surface area contributed by atoms with Crippen molar-refractivity contribution in [3.8, 4) is 5.75 Å². The molecule has 0 aliphatic rings. The van der Waals surface area contributed by atoms with Crippen molar-refractivity contribution in [2.24, 2.45) is 5.10 Å². The summed E-state index contributed by atoms with van der Waals surface area (Å²) >= 11 is 9.63. The summed E-state index contributed by atoms with van der Waals surface area (Å²) in [6.07, 6.45) is 1.52. The molecular weight excluding hydrogens is 521 g/mol. The average molecular weight is 543 g/mol. The van der Waals surface area contributed by atoms with Crippen molar-refractivity contribution >= 4 is 44.6 Å². The van der Waals surface area contributed by atoms with Gasteiger partial charge in [0.2, 0.25) is 0 Å². The Balaban J connectivity index is 1.76. The number of hydrogen-bond acceptors (Lipinski definition) is 4. The molecule has 0 unspecified atom stereocenters. The van der Waals surface area contributed by atoms with E-state index in [1.807, 2.05) is 26.8 Å². The van der Waals surface area contributed by atoms with Crippen LogP contribution in [0.5, 0.6) is 5.75 Å². The standard InChI is InChI=1S/C26H22BrClFN3O2/c1-26(2,3)25-31-22-9-7-18(27)13-21(22)24(33)32(25)30-14-17-12-19(28)8-10-23(17)34-15-16-5-4-6-20(29)11-16/h4-14H,15H2,1-3H3. The summed E-state index contributed by atoms with van der Waals surface area (Å²) in [5, 5.41) is 5.44. The lowest BCUT2D eigenvalue weighted by molar-refractivity contribution is 0.305. The summed E-state index contributed by atoms with van der Waals surface area (Å²) in [5.41, 5.74) is 1.14. The maximum atomic E-state index is 13.5. The van der Waals surface area contributed by atoms with Crippen molar-refractivity contribution in [1.29, 1.82) is 0 Å². The van der Waals surface area contributed by atoms with E-state index < -0.39 is 5.41 Å². The molecule has 5 nitrogen and oxygen atoms in total. The molecule has 1 aromatic heterocycles. The number of aromatic nitrogens is 2. The minimum atomic E-state index is -0.442. The van der Waals surface area contributed by atoms with Gasteiger partial charge in [0.15, 0.2) is 0 Å². The second kappa shape index (κ2) is 9.68. The summed E-state index contributed by atoms with van der Waals surface area (Å²) < 4.78 is 21.5. The van der Waals surface area contributed by atoms with E-state index in [0.717, 1.165) is 4.47 Å². The highest BCUT2D eigenvalue weighted by Gasteiger charge is 2.23. The van der Waals surface area contributed by atoms with Crippen LogP contribution in [-0.4, -0.2) is 15.9 Å². The molecule has 0 amide bonds. The molecule has 0 fully saturated rings. The van der Waals surface area contributed by atoms with Crippen molar-refractivity contribution in [2.75, 3.05) is 0 Å². The third kappa shape index (κ3) is 5.37. The maximum absolute atomic E-state index is 13.5. The van der Waals surface area contributed by atoms with Crippen molar-refractivity contribution < 1.29 is 9.13 Å². The van der Waals surface area contributed by atoms with E-state index in [9.17, 15) is 9.18 Å². The van der Waals surface area contributed by atoms with Gasteiger partial charge in [-0.05, 0) is 54.1 Å². The van der Waals surface area contributed by atoms with Crippen molar-refractivity contribution in [3.05, 3.63) is 103 Å². The van der Waals surface area contributed by atoms with Gasteiger partial charge in [-0.25, -0.2) is 9.37 Å². The normalized spacial score (nSPS) is 11.9. The number of halogens is 3. The van der Waals surface area contributed by atoms with Crippen LogP contribution in [0, 0.1) is 5.82 Å². The molecule has 8 heteroatoms. The molecule has 34 heavy (non-hydrogen) atoms. The van der Waals surface area contributed by atoms with Crippen LogP contribution in [0.15, 0.2) is 75.0 Å². The largest absolute Gasteiger partial charge is 0.488 e. The number of fused-ring (bicyclic) bond motifs is 1. The Morgan fingerprint density at radius 2 is 1.94 bits per heavy atom. The molecule has 1 heterocycles. The number of rotatable bonds is 5. The van der Waals surface area contributed by atoms with Gasteiger partial charge in [0.25, 0.3) is 5.56 Å². The minimum Gasteiger partial charge on any atom is -0.488 e. The van der Waals surface area contributed by atoms with E-state index in [-0.39, 0.29) is 18.0 Å². The number of nitrogens with zero attached hydrogens (tertiary/aromatic N) is 3. The lowest BCUT2D eigenvalue weighted by atomic mass is 9.95. The fourth-order valence-electron chi connectivity index (χ4n) is 3.40. The van der Waals surface area contributed by atoms with E-state index in [2.05, 4.69) is 21.0 Å². The maximum Gasteiger partial charge on any atom is 0.282 e. The highest BCUT2D eigenvalue weighted by molar-refractivity contribution is 9.10. The quantitative estimate of drug-likeness (QED) is 0.263. The first-order valence-corrected chi connectivity index (χ1v) is 11.7. The number of ether oxygens (including phenoxy) is 1. The first-order valence-electron chi connectivity index (χ1n) is 10.6. The van der Waals surface area contributed by atoms with Gasteiger partial charge in [0.1, 0.15) is 24.0 Å². The van der Waals surface area contributed by atoms with E-state index in [1.54, 1.807) is 42.5 Å². The average Bonchev–Trinajstić information content (AvgIpc) is 2.77. The number of hydrogen-bond donors (Lipinski definition) is 0. The molecule has 174 valence electrons. The fraction of sp³-hybridized carbons (Fsp3) is 0.192. The zero-order chi connectivity index (χ0) is 24.5. The second-order valence-electron chi connectivity index (χ2n) is 8.81.